The Morgan fingerprint density at radius 2 is 2.00 bits per heavy atom. The summed E-state index contributed by atoms with van der Waals surface area (Å²) in [4.78, 5) is 16.7. The fourth-order valence-electron chi connectivity index (χ4n) is 5.16. The van der Waals surface area contributed by atoms with Crippen LogP contribution in [-0.2, 0) is 26.6 Å². The summed E-state index contributed by atoms with van der Waals surface area (Å²) in [6, 6.07) is 1.65. The average molecular weight is 484 g/mol. The van der Waals surface area contributed by atoms with Crippen molar-refractivity contribution < 1.29 is 17.9 Å². The molecule has 4 aliphatic heterocycles. The topological polar surface area (TPSA) is 102 Å². The third kappa shape index (κ3) is 3.73. The Bertz CT molecular complexity index is 886. The van der Waals surface area contributed by atoms with Gasteiger partial charge in [-0.3, -0.25) is 4.79 Å². The van der Waals surface area contributed by atoms with Crippen LogP contribution in [0.5, 0.6) is 0 Å². The van der Waals surface area contributed by atoms with Crippen LogP contribution in [0.4, 0.5) is 0 Å². The molecule has 1 aromatic heterocycles. The van der Waals surface area contributed by atoms with Crippen LogP contribution >= 0.6 is 36.2 Å². The fraction of sp³-hybridized carbons (Fsp3) is 0.722. The lowest BCUT2D eigenvalue weighted by Crippen LogP contribution is -2.43. The maximum atomic E-state index is 13.1. The third-order valence-corrected chi connectivity index (χ3v) is 10.2. The first-order valence-corrected chi connectivity index (χ1v) is 12.2. The highest BCUT2D eigenvalue weighted by Crippen LogP contribution is 2.45. The molecule has 1 aromatic rings. The van der Waals surface area contributed by atoms with Gasteiger partial charge in [0.15, 0.2) is 9.84 Å². The predicted molar refractivity (Wildman–Crippen MR) is 117 cm³/mol. The number of carbonyl (C=O) groups excluding carboxylic acids is 1. The van der Waals surface area contributed by atoms with E-state index in [4.69, 9.17) is 10.5 Å². The van der Waals surface area contributed by atoms with E-state index in [1.807, 2.05) is 6.07 Å². The van der Waals surface area contributed by atoms with Gasteiger partial charge in [-0.25, -0.2) is 8.42 Å². The largest absolute Gasteiger partial charge is 0.369 e. The van der Waals surface area contributed by atoms with Crippen LogP contribution in [0, 0.1) is 5.92 Å². The number of ether oxygens (including phenoxy) is 1. The molecular formula is C18H27Cl2N3O4S2. The van der Waals surface area contributed by atoms with Crippen molar-refractivity contribution in [1.82, 2.24) is 10.2 Å². The molecule has 4 aliphatic rings. The molecule has 0 aromatic carbocycles. The second-order valence-corrected chi connectivity index (χ2v) is 11.5. The molecule has 3 saturated heterocycles. The minimum absolute atomic E-state index is 0. The van der Waals surface area contributed by atoms with Crippen molar-refractivity contribution in [2.45, 2.75) is 36.2 Å². The Kier molecular flexibility index (Phi) is 6.62. The number of fused-ring (bicyclic) bond motifs is 3. The Morgan fingerprint density at radius 1 is 1.28 bits per heavy atom. The third-order valence-electron chi connectivity index (χ3n) is 6.63. The summed E-state index contributed by atoms with van der Waals surface area (Å²) in [6.45, 7) is 3.25. The Morgan fingerprint density at radius 3 is 2.69 bits per heavy atom. The van der Waals surface area contributed by atoms with Crippen LogP contribution in [0.3, 0.4) is 0 Å². The summed E-state index contributed by atoms with van der Waals surface area (Å²) in [6.07, 6.45) is 2.68. The normalized spacial score (nSPS) is 31.5. The van der Waals surface area contributed by atoms with E-state index in [0.717, 1.165) is 32.4 Å². The number of carbonyl (C=O) groups is 1. The monoisotopic (exact) mass is 483 g/mol. The van der Waals surface area contributed by atoms with Crippen molar-refractivity contribution in [3.8, 4) is 0 Å². The number of rotatable bonds is 1. The second-order valence-electron chi connectivity index (χ2n) is 8.21. The molecule has 7 nitrogen and oxygen atoms in total. The Hall–Kier alpha value is -0.420. The van der Waals surface area contributed by atoms with Gasteiger partial charge < -0.3 is 20.7 Å². The van der Waals surface area contributed by atoms with Gasteiger partial charge in [0.05, 0.1) is 22.5 Å². The molecule has 1 spiro atoms. The number of nitrogens with zero attached hydrogens (tertiary/aromatic N) is 1. The summed E-state index contributed by atoms with van der Waals surface area (Å²) in [5.41, 5.74) is 7.00. The number of amides is 1. The molecular weight excluding hydrogens is 457 g/mol. The van der Waals surface area contributed by atoms with Crippen molar-refractivity contribution in [2.24, 2.45) is 11.7 Å². The molecule has 0 unspecified atom stereocenters. The van der Waals surface area contributed by atoms with Crippen LogP contribution in [0.1, 0.15) is 33.0 Å². The number of halogens is 2. The number of nitrogens with one attached hydrogen (secondary N) is 1. The summed E-state index contributed by atoms with van der Waals surface area (Å²) >= 11 is 1.54. The molecule has 0 bridgehead atoms. The number of thiophene rings is 1. The molecule has 29 heavy (non-hydrogen) atoms. The minimum atomic E-state index is -3.19. The molecule has 0 aliphatic carbocycles. The first-order valence-electron chi connectivity index (χ1n) is 9.64. The lowest BCUT2D eigenvalue weighted by molar-refractivity contribution is -0.0771. The molecule has 164 valence electrons. The van der Waals surface area contributed by atoms with E-state index in [9.17, 15) is 13.2 Å². The highest BCUT2D eigenvalue weighted by molar-refractivity contribution is 7.92. The van der Waals surface area contributed by atoms with Gasteiger partial charge in [-0.05, 0) is 44.0 Å². The van der Waals surface area contributed by atoms with Crippen molar-refractivity contribution in [3.63, 3.8) is 0 Å². The van der Waals surface area contributed by atoms with Crippen molar-refractivity contribution >= 4 is 51.9 Å². The average Bonchev–Trinajstić information content (AvgIpc) is 3.32. The van der Waals surface area contributed by atoms with Crippen molar-refractivity contribution in [2.75, 3.05) is 38.5 Å². The summed E-state index contributed by atoms with van der Waals surface area (Å²) in [5, 5.41) is 2.88. The number of hydrogen-bond donors (Lipinski definition) is 2. The van der Waals surface area contributed by atoms with Crippen LogP contribution in [0.15, 0.2) is 6.07 Å². The first-order chi connectivity index (χ1) is 12.9. The van der Waals surface area contributed by atoms with E-state index >= 15 is 0 Å². The van der Waals surface area contributed by atoms with Gasteiger partial charge in [0.2, 0.25) is 0 Å². The van der Waals surface area contributed by atoms with Crippen LogP contribution in [-0.4, -0.2) is 69.1 Å². The van der Waals surface area contributed by atoms with Gasteiger partial charge >= 0.3 is 0 Å². The number of sulfone groups is 1. The van der Waals surface area contributed by atoms with Crippen LogP contribution in [0.2, 0.25) is 0 Å². The van der Waals surface area contributed by atoms with E-state index in [1.165, 1.54) is 21.8 Å². The zero-order chi connectivity index (χ0) is 18.8. The first kappa shape index (κ1) is 23.2. The predicted octanol–water partition coefficient (Wildman–Crippen LogP) is 0.939. The maximum absolute atomic E-state index is 13.1. The fourth-order valence-corrected chi connectivity index (χ4v) is 8.79. The van der Waals surface area contributed by atoms with E-state index in [0.29, 0.717) is 18.0 Å². The Balaban J connectivity index is 0.00000120. The number of likely N-dealkylation sites (tertiary alicyclic amines) is 1. The van der Waals surface area contributed by atoms with Crippen LogP contribution in [0.25, 0.3) is 0 Å². The highest BCUT2D eigenvalue weighted by atomic mass is 35.5. The molecule has 1 amide bonds. The van der Waals surface area contributed by atoms with E-state index in [2.05, 4.69) is 5.32 Å². The smallest absolute Gasteiger partial charge is 0.263 e. The van der Waals surface area contributed by atoms with Gasteiger partial charge in [-0.2, -0.15) is 0 Å². The molecule has 0 radical (unpaired) electrons. The zero-order valence-electron chi connectivity index (χ0n) is 16.0. The van der Waals surface area contributed by atoms with Gasteiger partial charge in [0, 0.05) is 29.9 Å². The Labute approximate surface area is 187 Å². The van der Waals surface area contributed by atoms with Crippen molar-refractivity contribution in [3.05, 3.63) is 21.4 Å². The highest BCUT2D eigenvalue weighted by Gasteiger charge is 2.52. The van der Waals surface area contributed by atoms with Gasteiger partial charge in [-0.15, -0.1) is 36.2 Å². The van der Waals surface area contributed by atoms with E-state index in [-0.39, 0.29) is 60.6 Å². The van der Waals surface area contributed by atoms with Gasteiger partial charge in [-0.1, -0.05) is 0 Å². The molecule has 5 heterocycles. The molecule has 5 rings (SSSR count). The summed E-state index contributed by atoms with van der Waals surface area (Å²) in [5.74, 6) is -0.145. The number of hydrogen-bond acceptors (Lipinski definition) is 7. The van der Waals surface area contributed by atoms with Crippen molar-refractivity contribution in [1.29, 1.82) is 0 Å². The SMILES string of the molecule is Cl.Cl.N[C@@H]1CS(=O)(=O)[C@H]2CN(C(=O)c3cc4c(s3)C3(CCNCC3)OCC4)C[C@@H]12. The molecule has 11 heteroatoms. The van der Waals surface area contributed by atoms with Gasteiger partial charge in [0.1, 0.15) is 5.60 Å². The molecule has 3 atom stereocenters. The summed E-state index contributed by atoms with van der Waals surface area (Å²) < 4.78 is 30.8. The lowest BCUT2D eigenvalue weighted by atomic mass is 9.86. The quantitative estimate of drug-likeness (QED) is 0.616. The standard InChI is InChI=1S/C18H25N3O4S2.2ClH/c19-13-10-27(23,24)15-9-21(8-12(13)15)17(22)14-7-11-1-6-25-18(16(11)26-14)2-4-20-5-3-18;;/h7,12-13,15,20H,1-6,8-10,19H2;2*1H/t12-,13+,15-;;/m0../s1. The molecule has 3 N–H and O–H groups in total. The number of piperidine rings is 1. The number of nitrogens with two attached hydrogens (primary N) is 1. The second kappa shape index (κ2) is 8.26. The van der Waals surface area contributed by atoms with E-state index < -0.39 is 15.1 Å². The zero-order valence-corrected chi connectivity index (χ0v) is 19.2. The molecule has 3 fully saturated rings. The van der Waals surface area contributed by atoms with Gasteiger partial charge in [0.25, 0.3) is 5.91 Å². The lowest BCUT2D eigenvalue weighted by Gasteiger charge is -2.40. The minimum Gasteiger partial charge on any atom is -0.369 e. The molecule has 0 saturated carbocycles. The summed E-state index contributed by atoms with van der Waals surface area (Å²) in [7, 11) is -3.19. The van der Waals surface area contributed by atoms with Crippen LogP contribution < -0.4 is 11.1 Å². The maximum Gasteiger partial charge on any atom is 0.263 e. The van der Waals surface area contributed by atoms with E-state index in [1.54, 1.807) is 4.90 Å².